The van der Waals surface area contributed by atoms with E-state index in [0.29, 0.717) is 12.8 Å². The molecule has 142 valence electrons. The molecule has 1 aliphatic rings. The van der Waals surface area contributed by atoms with Gasteiger partial charge in [0.05, 0.1) is 18.8 Å². The first-order valence-corrected chi connectivity index (χ1v) is 7.67. The summed E-state index contributed by atoms with van der Waals surface area (Å²) in [4.78, 5) is 23.1. The van der Waals surface area contributed by atoms with Gasteiger partial charge in [0.2, 0.25) is 5.91 Å². The zero-order valence-corrected chi connectivity index (χ0v) is 13.4. The number of hydrogen-bond donors (Lipinski definition) is 7. The van der Waals surface area contributed by atoms with Gasteiger partial charge in [0, 0.05) is 19.3 Å². The van der Waals surface area contributed by atoms with E-state index in [1.54, 1.807) is 0 Å². The Bertz CT molecular complexity index is 520. The first-order chi connectivity index (χ1) is 11.7. The monoisotopic (exact) mass is 361 g/mol. The Kier molecular flexibility index (Phi) is 7.75. The second-order valence-corrected chi connectivity index (χ2v) is 5.83. The number of nitrogens with one attached hydrogen (secondary N) is 1. The van der Waals surface area contributed by atoms with Crippen molar-refractivity contribution in [2.75, 3.05) is 6.61 Å². The Morgan fingerprint density at radius 2 is 2.04 bits per heavy atom. The van der Waals surface area contributed by atoms with Crippen molar-refractivity contribution >= 4 is 11.9 Å². The fraction of sp³-hybridized carbons (Fsp3) is 0.733. The van der Waals surface area contributed by atoms with Crippen molar-refractivity contribution in [1.82, 2.24) is 5.32 Å². The van der Waals surface area contributed by atoms with Crippen LogP contribution >= 0.6 is 0 Å². The number of hydrogen-bond acceptors (Lipinski definition) is 8. The zero-order valence-electron chi connectivity index (χ0n) is 13.4. The van der Waals surface area contributed by atoms with Crippen LogP contribution in [0.2, 0.25) is 0 Å². The minimum atomic E-state index is -2.81. The highest BCUT2D eigenvalue weighted by molar-refractivity contribution is 5.77. The molecule has 1 amide bonds. The van der Waals surface area contributed by atoms with Gasteiger partial charge in [-0.3, -0.25) is 4.79 Å². The molecular weight excluding hydrogens is 338 g/mol. The van der Waals surface area contributed by atoms with E-state index >= 15 is 0 Å². The third-order valence-corrected chi connectivity index (χ3v) is 3.89. The second kappa shape index (κ2) is 9.10. The molecule has 1 saturated heterocycles. The molecule has 0 aromatic rings. The smallest absolute Gasteiger partial charge is 0.364 e. The van der Waals surface area contributed by atoms with Gasteiger partial charge in [-0.15, -0.1) is 12.3 Å². The highest BCUT2D eigenvalue weighted by atomic mass is 16.7. The van der Waals surface area contributed by atoms with E-state index in [2.05, 4.69) is 11.2 Å². The van der Waals surface area contributed by atoms with Crippen molar-refractivity contribution in [3.05, 3.63) is 0 Å². The minimum Gasteiger partial charge on any atom is -0.477 e. The SMILES string of the molecule is C#CCCCC(=O)N[C@H]1[C@H]([C@H](O)[C@H](O)CO)O[C@@](O)(C(=O)O)C[C@@H]1O. The van der Waals surface area contributed by atoms with Crippen molar-refractivity contribution in [3.8, 4) is 12.3 Å². The molecule has 0 radical (unpaired) electrons. The normalized spacial score (nSPS) is 31.6. The van der Waals surface area contributed by atoms with Gasteiger partial charge in [-0.25, -0.2) is 4.79 Å². The number of carbonyl (C=O) groups excluding carboxylic acids is 1. The summed E-state index contributed by atoms with van der Waals surface area (Å²) in [5, 5.41) is 60.1. The molecule has 0 saturated carbocycles. The fourth-order valence-corrected chi connectivity index (χ4v) is 2.51. The number of aliphatic carboxylic acids is 1. The molecule has 0 aliphatic carbocycles. The molecule has 0 bridgehead atoms. The summed E-state index contributed by atoms with van der Waals surface area (Å²) < 4.78 is 4.96. The van der Waals surface area contributed by atoms with Gasteiger partial charge in [-0.05, 0) is 6.42 Å². The molecule has 10 heteroatoms. The molecule has 1 heterocycles. The van der Waals surface area contributed by atoms with E-state index in [4.69, 9.17) is 21.4 Å². The first-order valence-electron chi connectivity index (χ1n) is 7.67. The summed E-state index contributed by atoms with van der Waals surface area (Å²) in [6.45, 7) is -0.883. The maximum Gasteiger partial charge on any atom is 0.364 e. The Balaban J connectivity index is 2.96. The molecule has 0 aromatic carbocycles. The predicted molar refractivity (Wildman–Crippen MR) is 81.8 cm³/mol. The third kappa shape index (κ3) is 5.37. The van der Waals surface area contributed by atoms with Gasteiger partial charge in [0.15, 0.2) is 0 Å². The Labute approximate surface area is 144 Å². The third-order valence-electron chi connectivity index (χ3n) is 3.89. The highest BCUT2D eigenvalue weighted by Crippen LogP contribution is 2.30. The van der Waals surface area contributed by atoms with E-state index in [0.717, 1.165) is 0 Å². The summed E-state index contributed by atoms with van der Waals surface area (Å²) in [5.74, 6) is -2.81. The van der Waals surface area contributed by atoms with E-state index in [-0.39, 0.29) is 6.42 Å². The molecular formula is C15H23NO9. The average molecular weight is 361 g/mol. The number of unbranched alkanes of at least 4 members (excludes halogenated alkanes) is 1. The van der Waals surface area contributed by atoms with Crippen LogP contribution in [-0.4, -0.2) is 85.4 Å². The Morgan fingerprint density at radius 3 is 2.56 bits per heavy atom. The van der Waals surface area contributed by atoms with Gasteiger partial charge in [0.1, 0.15) is 18.3 Å². The van der Waals surface area contributed by atoms with Gasteiger partial charge >= 0.3 is 5.97 Å². The van der Waals surface area contributed by atoms with Crippen molar-refractivity contribution in [2.45, 2.75) is 61.9 Å². The van der Waals surface area contributed by atoms with Crippen molar-refractivity contribution < 1.29 is 45.0 Å². The van der Waals surface area contributed by atoms with Gasteiger partial charge in [0.25, 0.3) is 5.79 Å². The molecule has 10 nitrogen and oxygen atoms in total. The molecule has 25 heavy (non-hydrogen) atoms. The van der Waals surface area contributed by atoms with E-state index < -0.39 is 61.1 Å². The number of amides is 1. The lowest BCUT2D eigenvalue weighted by Crippen LogP contribution is -2.67. The van der Waals surface area contributed by atoms with Crippen molar-refractivity contribution in [3.63, 3.8) is 0 Å². The van der Waals surface area contributed by atoms with Crippen LogP contribution in [0.1, 0.15) is 25.7 Å². The Hall–Kier alpha value is -1.74. The van der Waals surface area contributed by atoms with Gasteiger partial charge in [-0.1, -0.05) is 0 Å². The number of carboxylic acid groups (broad SMARTS) is 1. The zero-order chi connectivity index (χ0) is 19.2. The van der Waals surface area contributed by atoms with Gasteiger partial charge in [-0.2, -0.15) is 0 Å². The fourth-order valence-electron chi connectivity index (χ4n) is 2.51. The highest BCUT2D eigenvalue weighted by Gasteiger charge is 2.53. The maximum atomic E-state index is 11.9. The first kappa shape index (κ1) is 21.3. The molecule has 1 aliphatic heterocycles. The van der Waals surface area contributed by atoms with Crippen LogP contribution in [0, 0.1) is 12.3 Å². The minimum absolute atomic E-state index is 0.0159. The molecule has 7 N–H and O–H groups in total. The lowest BCUT2D eigenvalue weighted by atomic mass is 9.88. The number of ether oxygens (including phenoxy) is 1. The van der Waals surface area contributed by atoms with Crippen LogP contribution in [0.15, 0.2) is 0 Å². The van der Waals surface area contributed by atoms with Gasteiger partial charge < -0.3 is 40.7 Å². The molecule has 0 spiro atoms. The average Bonchev–Trinajstić information content (AvgIpc) is 2.55. The topological polar surface area (TPSA) is 177 Å². The molecule has 0 aromatic heterocycles. The van der Waals surface area contributed by atoms with Crippen LogP contribution in [0.3, 0.4) is 0 Å². The largest absolute Gasteiger partial charge is 0.477 e. The van der Waals surface area contributed by atoms with Crippen molar-refractivity contribution in [2.24, 2.45) is 0 Å². The number of terminal acetylenes is 1. The van der Waals surface area contributed by atoms with E-state index in [1.807, 2.05) is 0 Å². The lowest BCUT2D eigenvalue weighted by Gasteiger charge is -2.44. The summed E-state index contributed by atoms with van der Waals surface area (Å²) >= 11 is 0. The second-order valence-electron chi connectivity index (χ2n) is 5.83. The molecule has 1 fully saturated rings. The van der Waals surface area contributed by atoms with Crippen LogP contribution < -0.4 is 5.32 Å². The predicted octanol–water partition coefficient (Wildman–Crippen LogP) is -3.09. The summed E-state index contributed by atoms with van der Waals surface area (Å²) in [6.07, 6.45) is -1.83. The van der Waals surface area contributed by atoms with E-state index in [1.165, 1.54) is 0 Å². The van der Waals surface area contributed by atoms with Crippen molar-refractivity contribution in [1.29, 1.82) is 0 Å². The number of rotatable bonds is 8. The number of aliphatic hydroxyl groups is 5. The van der Waals surface area contributed by atoms with E-state index in [9.17, 15) is 30.0 Å². The van der Waals surface area contributed by atoms with Crippen LogP contribution in [0.4, 0.5) is 0 Å². The summed E-state index contributed by atoms with van der Waals surface area (Å²) in [5.41, 5.74) is 0. The molecule has 1 rings (SSSR count). The molecule has 6 atom stereocenters. The number of carboxylic acids is 1. The Morgan fingerprint density at radius 1 is 1.40 bits per heavy atom. The van der Waals surface area contributed by atoms with Crippen LogP contribution in [0.25, 0.3) is 0 Å². The number of carbonyl (C=O) groups is 2. The molecule has 0 unspecified atom stereocenters. The quantitative estimate of drug-likeness (QED) is 0.174. The summed E-state index contributed by atoms with van der Waals surface area (Å²) in [7, 11) is 0. The standard InChI is InChI=1S/C15H23NO9/c1-2-3-4-5-10(20)16-11-8(18)6-15(24,14(22)23)25-13(11)12(21)9(19)7-17/h1,8-9,11-13,17-19,21,24H,3-7H2,(H,16,20)(H,22,23)/t8-,9+,11+,12+,13+,15+/m0/s1. The summed E-state index contributed by atoms with van der Waals surface area (Å²) in [6, 6.07) is -1.31. The van der Waals surface area contributed by atoms with Crippen LogP contribution in [-0.2, 0) is 14.3 Å². The maximum absolute atomic E-state index is 11.9. The van der Waals surface area contributed by atoms with Crippen LogP contribution in [0.5, 0.6) is 0 Å². The number of aliphatic hydroxyl groups excluding tert-OH is 4. The lowest BCUT2D eigenvalue weighted by molar-refractivity contribution is -0.295.